The Morgan fingerprint density at radius 2 is 1.96 bits per heavy atom. The molecule has 1 aromatic rings. The normalized spacial score (nSPS) is 17.6. The fourth-order valence-corrected chi connectivity index (χ4v) is 3.32. The highest BCUT2D eigenvalue weighted by atomic mass is 35.5. The van der Waals surface area contributed by atoms with Crippen LogP contribution in [-0.4, -0.2) is 30.3 Å². The predicted octanol–water partition coefficient (Wildman–Crippen LogP) is 3.73. The summed E-state index contributed by atoms with van der Waals surface area (Å²) in [7, 11) is 1.28. The van der Waals surface area contributed by atoms with E-state index in [4.69, 9.17) is 10.5 Å². The van der Waals surface area contributed by atoms with E-state index in [2.05, 4.69) is 5.32 Å². The number of carbonyl (C=O) groups is 1. The zero-order valence-corrected chi connectivity index (χ0v) is 15.9. The van der Waals surface area contributed by atoms with Crippen molar-refractivity contribution in [3.63, 3.8) is 0 Å². The lowest BCUT2D eigenvalue weighted by Gasteiger charge is -2.26. The molecule has 0 radical (unpaired) electrons. The molecule has 1 unspecified atom stereocenters. The van der Waals surface area contributed by atoms with Gasteiger partial charge in [-0.3, -0.25) is 4.79 Å². The molecule has 0 aromatic heterocycles. The van der Waals surface area contributed by atoms with E-state index in [1.54, 1.807) is 0 Å². The Hall–Kier alpha value is -1.51. The Kier molecular flexibility index (Phi) is 8.84. The third-order valence-corrected chi connectivity index (χ3v) is 4.79. The standard InChI is InChI=1S/C18H25F3N2O3.ClH/c1-26-15-8-7-12(18(19,20)21)10-14(15)23-17(25)16(24)13(22)9-11-5-3-2-4-6-11;/h7-8,10-11,13,16,24H,2-6,9,22H2,1H3,(H,23,25);1H/t13-,16?;/m1./s1. The van der Waals surface area contributed by atoms with Crippen molar-refractivity contribution < 1.29 is 27.8 Å². The van der Waals surface area contributed by atoms with Crippen molar-refractivity contribution in [2.24, 2.45) is 11.7 Å². The van der Waals surface area contributed by atoms with E-state index in [0.717, 1.165) is 43.9 Å². The second-order valence-electron chi connectivity index (χ2n) is 6.75. The molecule has 0 heterocycles. The van der Waals surface area contributed by atoms with Crippen molar-refractivity contribution in [2.75, 3.05) is 12.4 Å². The number of carbonyl (C=O) groups excluding carboxylic acids is 1. The number of methoxy groups -OCH3 is 1. The molecular weight excluding hydrogens is 385 g/mol. The average molecular weight is 411 g/mol. The first kappa shape index (κ1) is 23.5. The van der Waals surface area contributed by atoms with Crippen LogP contribution in [0.2, 0.25) is 0 Å². The largest absolute Gasteiger partial charge is 0.495 e. The van der Waals surface area contributed by atoms with Gasteiger partial charge in [-0.25, -0.2) is 0 Å². The fourth-order valence-electron chi connectivity index (χ4n) is 3.32. The van der Waals surface area contributed by atoms with E-state index in [0.29, 0.717) is 12.3 Å². The Bertz CT molecular complexity index is 622. The monoisotopic (exact) mass is 410 g/mol. The molecule has 1 saturated carbocycles. The van der Waals surface area contributed by atoms with Crippen LogP contribution in [0.3, 0.4) is 0 Å². The molecule has 1 aromatic carbocycles. The first-order chi connectivity index (χ1) is 12.2. The molecule has 0 spiro atoms. The van der Waals surface area contributed by atoms with Gasteiger partial charge in [0.2, 0.25) is 0 Å². The Morgan fingerprint density at radius 1 is 1.33 bits per heavy atom. The lowest BCUT2D eigenvalue weighted by molar-refractivity contribution is -0.137. The fraction of sp³-hybridized carbons (Fsp3) is 0.611. The van der Waals surface area contributed by atoms with Gasteiger partial charge < -0.3 is 20.9 Å². The zero-order valence-electron chi connectivity index (χ0n) is 15.1. The number of nitrogens with two attached hydrogens (primary N) is 1. The van der Waals surface area contributed by atoms with Gasteiger partial charge in [0.1, 0.15) is 11.9 Å². The van der Waals surface area contributed by atoms with E-state index >= 15 is 0 Å². The summed E-state index contributed by atoms with van der Waals surface area (Å²) in [4.78, 5) is 12.2. The van der Waals surface area contributed by atoms with Crippen LogP contribution >= 0.6 is 12.4 Å². The summed E-state index contributed by atoms with van der Waals surface area (Å²) in [5.74, 6) is -0.408. The van der Waals surface area contributed by atoms with E-state index < -0.39 is 29.8 Å². The van der Waals surface area contributed by atoms with E-state index in [1.807, 2.05) is 0 Å². The average Bonchev–Trinajstić information content (AvgIpc) is 2.61. The molecule has 2 atom stereocenters. The molecule has 0 saturated heterocycles. The number of aliphatic hydroxyl groups is 1. The molecule has 27 heavy (non-hydrogen) atoms. The number of amides is 1. The second-order valence-corrected chi connectivity index (χ2v) is 6.75. The maximum Gasteiger partial charge on any atom is 0.416 e. The van der Waals surface area contributed by atoms with Gasteiger partial charge >= 0.3 is 6.18 Å². The number of rotatable bonds is 6. The molecule has 5 nitrogen and oxygen atoms in total. The smallest absolute Gasteiger partial charge is 0.416 e. The van der Waals surface area contributed by atoms with Crippen LogP contribution in [0.15, 0.2) is 18.2 Å². The topological polar surface area (TPSA) is 84.6 Å². The minimum absolute atomic E-state index is 0. The lowest BCUT2D eigenvalue weighted by Crippen LogP contribution is -2.44. The van der Waals surface area contributed by atoms with Gasteiger partial charge in [0.25, 0.3) is 5.91 Å². The van der Waals surface area contributed by atoms with Gasteiger partial charge in [-0.1, -0.05) is 32.1 Å². The molecule has 154 valence electrons. The molecule has 0 aliphatic heterocycles. The molecule has 1 fully saturated rings. The Balaban J connectivity index is 0.00000364. The third kappa shape index (κ3) is 6.55. The number of alkyl halides is 3. The SMILES string of the molecule is COc1ccc(C(F)(F)F)cc1NC(=O)C(O)[C@H](N)CC1CCCCC1.Cl. The molecular formula is C18H26ClF3N2O3. The van der Waals surface area contributed by atoms with Crippen LogP contribution in [0, 0.1) is 5.92 Å². The quantitative estimate of drug-likeness (QED) is 0.667. The number of nitrogens with one attached hydrogen (secondary N) is 1. The lowest BCUT2D eigenvalue weighted by atomic mass is 9.84. The van der Waals surface area contributed by atoms with Gasteiger partial charge in [0, 0.05) is 6.04 Å². The zero-order chi connectivity index (χ0) is 19.3. The van der Waals surface area contributed by atoms with Gasteiger partial charge in [0.05, 0.1) is 18.4 Å². The van der Waals surface area contributed by atoms with E-state index in [1.165, 1.54) is 13.5 Å². The number of benzene rings is 1. The third-order valence-electron chi connectivity index (χ3n) is 4.79. The highest BCUT2D eigenvalue weighted by Crippen LogP contribution is 2.35. The van der Waals surface area contributed by atoms with E-state index in [9.17, 15) is 23.1 Å². The maximum absolute atomic E-state index is 12.9. The minimum Gasteiger partial charge on any atom is -0.495 e. The van der Waals surface area contributed by atoms with Crippen molar-refractivity contribution in [2.45, 2.75) is 56.8 Å². The number of aliphatic hydroxyl groups excluding tert-OH is 1. The van der Waals surface area contributed by atoms with Crippen molar-refractivity contribution in [3.05, 3.63) is 23.8 Å². The second kappa shape index (κ2) is 10.1. The van der Waals surface area contributed by atoms with Gasteiger partial charge in [-0.2, -0.15) is 13.2 Å². The van der Waals surface area contributed by atoms with Crippen molar-refractivity contribution in [3.8, 4) is 5.75 Å². The number of halogens is 4. The summed E-state index contributed by atoms with van der Waals surface area (Å²) in [6.07, 6.45) is -0.105. The molecule has 2 rings (SSSR count). The molecule has 0 bridgehead atoms. The van der Waals surface area contributed by atoms with Crippen LogP contribution in [0.25, 0.3) is 0 Å². The number of hydrogen-bond donors (Lipinski definition) is 3. The van der Waals surface area contributed by atoms with E-state index in [-0.39, 0.29) is 23.8 Å². The van der Waals surface area contributed by atoms with Gasteiger partial charge in [-0.05, 0) is 30.5 Å². The van der Waals surface area contributed by atoms with Crippen molar-refractivity contribution in [1.29, 1.82) is 0 Å². The highest BCUT2D eigenvalue weighted by Gasteiger charge is 2.32. The van der Waals surface area contributed by atoms with Crippen LogP contribution < -0.4 is 15.8 Å². The molecule has 1 amide bonds. The van der Waals surface area contributed by atoms with Gasteiger partial charge in [-0.15, -0.1) is 12.4 Å². The number of ether oxygens (including phenoxy) is 1. The van der Waals surface area contributed by atoms with Crippen LogP contribution in [0.1, 0.15) is 44.1 Å². The predicted molar refractivity (Wildman–Crippen MR) is 99.0 cm³/mol. The van der Waals surface area contributed by atoms with Crippen molar-refractivity contribution >= 4 is 24.0 Å². The maximum atomic E-state index is 12.9. The Labute approximate surface area is 162 Å². The summed E-state index contributed by atoms with van der Waals surface area (Å²) >= 11 is 0. The summed E-state index contributed by atoms with van der Waals surface area (Å²) in [6.45, 7) is 0. The summed E-state index contributed by atoms with van der Waals surface area (Å²) in [6, 6.07) is 1.98. The molecule has 1 aliphatic carbocycles. The highest BCUT2D eigenvalue weighted by molar-refractivity contribution is 5.95. The molecule has 4 N–H and O–H groups in total. The first-order valence-corrected chi connectivity index (χ1v) is 8.72. The van der Waals surface area contributed by atoms with Crippen LogP contribution in [-0.2, 0) is 11.0 Å². The number of anilines is 1. The van der Waals surface area contributed by atoms with Crippen molar-refractivity contribution in [1.82, 2.24) is 0 Å². The van der Waals surface area contributed by atoms with Crippen LogP contribution in [0.5, 0.6) is 5.75 Å². The minimum atomic E-state index is -4.55. The first-order valence-electron chi connectivity index (χ1n) is 8.72. The summed E-state index contributed by atoms with van der Waals surface area (Å²) in [5.41, 5.74) is 4.87. The number of hydrogen-bond acceptors (Lipinski definition) is 4. The Morgan fingerprint density at radius 3 is 2.52 bits per heavy atom. The molecule has 9 heteroatoms. The van der Waals surface area contributed by atoms with Gasteiger partial charge in [0.15, 0.2) is 0 Å². The summed E-state index contributed by atoms with van der Waals surface area (Å²) < 4.78 is 43.6. The summed E-state index contributed by atoms with van der Waals surface area (Å²) in [5, 5.41) is 12.5. The van der Waals surface area contributed by atoms with Crippen LogP contribution in [0.4, 0.5) is 18.9 Å². The molecule has 1 aliphatic rings.